The molecular weight excluding hydrogens is 260 g/mol. The minimum atomic E-state index is -0.918. The number of rotatable bonds is 4. The van der Waals surface area contributed by atoms with Gasteiger partial charge in [-0.15, -0.1) is 0 Å². The van der Waals surface area contributed by atoms with Crippen molar-refractivity contribution in [2.75, 3.05) is 6.61 Å². The van der Waals surface area contributed by atoms with E-state index in [0.29, 0.717) is 0 Å². The summed E-state index contributed by atoms with van der Waals surface area (Å²) >= 11 is 3.36. The van der Waals surface area contributed by atoms with Gasteiger partial charge in [-0.1, -0.05) is 28.1 Å². The molecule has 0 atom stereocenters. The van der Waals surface area contributed by atoms with Crippen LogP contribution in [-0.4, -0.2) is 17.7 Å². The molecule has 0 heterocycles. The molecule has 3 nitrogen and oxygen atoms in total. The molecule has 0 unspecified atom stereocenters. The molecule has 1 aromatic carbocycles. The molecule has 2 rings (SSSR count). The van der Waals surface area contributed by atoms with Crippen molar-refractivity contribution < 1.29 is 14.6 Å². The molecule has 1 saturated carbocycles. The number of benzene rings is 1. The largest absolute Gasteiger partial charge is 0.480 e. The Kier molecular flexibility index (Phi) is 2.80. The lowest BCUT2D eigenvalue weighted by atomic mass is 10.1. The average molecular weight is 271 g/mol. The van der Waals surface area contributed by atoms with Crippen LogP contribution in [-0.2, 0) is 15.1 Å². The molecule has 1 aromatic rings. The van der Waals surface area contributed by atoms with Crippen LogP contribution in [0.1, 0.15) is 18.4 Å². The van der Waals surface area contributed by atoms with Gasteiger partial charge in [0, 0.05) is 4.47 Å². The second-order valence-corrected chi connectivity index (χ2v) is 4.60. The van der Waals surface area contributed by atoms with Gasteiger partial charge in [-0.05, 0) is 30.5 Å². The highest BCUT2D eigenvalue weighted by Gasteiger charge is 2.46. The Morgan fingerprint density at radius 1 is 1.40 bits per heavy atom. The SMILES string of the molecule is O=C(O)COC1(c2ccc(Br)cc2)CC1. The van der Waals surface area contributed by atoms with Gasteiger partial charge in [0.25, 0.3) is 0 Å². The molecular formula is C11H11BrO3. The molecule has 0 radical (unpaired) electrons. The lowest BCUT2D eigenvalue weighted by molar-refractivity contribution is -0.145. The van der Waals surface area contributed by atoms with Gasteiger partial charge in [0.05, 0.1) is 5.60 Å². The molecule has 0 bridgehead atoms. The Morgan fingerprint density at radius 3 is 2.47 bits per heavy atom. The Hall–Kier alpha value is -0.870. The van der Waals surface area contributed by atoms with E-state index in [2.05, 4.69) is 15.9 Å². The second-order valence-electron chi connectivity index (χ2n) is 3.68. The Labute approximate surface area is 96.2 Å². The molecule has 0 aliphatic heterocycles. The summed E-state index contributed by atoms with van der Waals surface area (Å²) in [5.74, 6) is -0.918. The summed E-state index contributed by atoms with van der Waals surface area (Å²) in [6, 6.07) is 7.83. The van der Waals surface area contributed by atoms with E-state index >= 15 is 0 Å². The molecule has 0 amide bonds. The normalized spacial score (nSPS) is 17.4. The maximum absolute atomic E-state index is 10.4. The van der Waals surface area contributed by atoms with Crippen molar-refractivity contribution in [3.63, 3.8) is 0 Å². The number of aliphatic carboxylic acids is 1. The molecule has 1 aliphatic rings. The minimum absolute atomic E-state index is 0.226. The molecule has 1 aliphatic carbocycles. The van der Waals surface area contributed by atoms with E-state index in [1.165, 1.54) is 0 Å². The maximum Gasteiger partial charge on any atom is 0.329 e. The lowest BCUT2D eigenvalue weighted by Gasteiger charge is -2.15. The summed E-state index contributed by atoms with van der Waals surface area (Å²) in [6.45, 7) is -0.226. The maximum atomic E-state index is 10.4. The molecule has 1 fully saturated rings. The number of halogens is 1. The van der Waals surface area contributed by atoms with Gasteiger partial charge in [-0.25, -0.2) is 4.79 Å². The number of hydrogen-bond acceptors (Lipinski definition) is 2. The van der Waals surface area contributed by atoms with Gasteiger partial charge in [0.15, 0.2) is 0 Å². The topological polar surface area (TPSA) is 46.5 Å². The quantitative estimate of drug-likeness (QED) is 0.915. The molecule has 4 heteroatoms. The molecule has 0 saturated heterocycles. The number of carboxylic acid groups (broad SMARTS) is 1. The number of hydrogen-bond donors (Lipinski definition) is 1. The van der Waals surface area contributed by atoms with Crippen molar-refractivity contribution in [2.24, 2.45) is 0 Å². The van der Waals surface area contributed by atoms with Crippen molar-refractivity contribution in [1.29, 1.82) is 0 Å². The second kappa shape index (κ2) is 3.94. The first-order chi connectivity index (χ1) is 7.12. The van der Waals surface area contributed by atoms with E-state index in [1.54, 1.807) is 0 Å². The van der Waals surface area contributed by atoms with Gasteiger partial charge in [-0.3, -0.25) is 0 Å². The van der Waals surface area contributed by atoms with Crippen LogP contribution >= 0.6 is 15.9 Å². The zero-order chi connectivity index (χ0) is 10.9. The Balaban J connectivity index is 2.09. The molecule has 15 heavy (non-hydrogen) atoms. The zero-order valence-electron chi connectivity index (χ0n) is 8.07. The Bertz CT molecular complexity index is 368. The van der Waals surface area contributed by atoms with Crippen molar-refractivity contribution in [2.45, 2.75) is 18.4 Å². The molecule has 0 spiro atoms. The van der Waals surface area contributed by atoms with E-state index in [-0.39, 0.29) is 12.2 Å². The van der Waals surface area contributed by atoms with Gasteiger partial charge >= 0.3 is 5.97 Å². The predicted molar refractivity (Wildman–Crippen MR) is 58.6 cm³/mol. The van der Waals surface area contributed by atoms with Gasteiger partial charge in [-0.2, -0.15) is 0 Å². The summed E-state index contributed by atoms with van der Waals surface area (Å²) in [4.78, 5) is 10.4. The first-order valence-corrected chi connectivity index (χ1v) is 5.53. The summed E-state index contributed by atoms with van der Waals surface area (Å²) in [5.41, 5.74) is 0.728. The zero-order valence-corrected chi connectivity index (χ0v) is 9.66. The van der Waals surface area contributed by atoms with Crippen LogP contribution in [0.3, 0.4) is 0 Å². The van der Waals surface area contributed by atoms with Crippen LogP contribution in [0.4, 0.5) is 0 Å². The van der Waals surface area contributed by atoms with E-state index in [9.17, 15) is 4.79 Å². The fourth-order valence-electron chi connectivity index (χ4n) is 1.58. The van der Waals surface area contributed by atoms with Crippen molar-refractivity contribution in [3.05, 3.63) is 34.3 Å². The van der Waals surface area contributed by atoms with Crippen LogP contribution in [0.5, 0.6) is 0 Å². The number of carboxylic acids is 1. The van der Waals surface area contributed by atoms with Crippen molar-refractivity contribution >= 4 is 21.9 Å². The van der Waals surface area contributed by atoms with Crippen LogP contribution in [0.25, 0.3) is 0 Å². The lowest BCUT2D eigenvalue weighted by Crippen LogP contribution is -2.17. The smallest absolute Gasteiger partial charge is 0.329 e. The third-order valence-corrected chi connectivity index (χ3v) is 3.08. The van der Waals surface area contributed by atoms with E-state index in [0.717, 1.165) is 22.9 Å². The highest BCUT2D eigenvalue weighted by atomic mass is 79.9. The standard InChI is InChI=1S/C11H11BrO3/c12-9-3-1-8(2-4-9)11(5-6-11)15-7-10(13)14/h1-4H,5-7H2,(H,13,14). The first kappa shape index (κ1) is 10.6. The van der Waals surface area contributed by atoms with Gasteiger partial charge in [0.2, 0.25) is 0 Å². The van der Waals surface area contributed by atoms with Crippen molar-refractivity contribution in [1.82, 2.24) is 0 Å². The van der Waals surface area contributed by atoms with E-state index in [1.807, 2.05) is 24.3 Å². The molecule has 1 N–H and O–H groups in total. The summed E-state index contributed by atoms with van der Waals surface area (Å²) < 4.78 is 6.43. The van der Waals surface area contributed by atoms with Crippen LogP contribution in [0.2, 0.25) is 0 Å². The third-order valence-electron chi connectivity index (χ3n) is 2.55. The summed E-state index contributed by atoms with van der Waals surface area (Å²) in [5, 5.41) is 8.56. The number of ether oxygens (including phenoxy) is 1. The monoisotopic (exact) mass is 270 g/mol. The van der Waals surface area contributed by atoms with Crippen molar-refractivity contribution in [3.8, 4) is 0 Å². The minimum Gasteiger partial charge on any atom is -0.480 e. The fraction of sp³-hybridized carbons (Fsp3) is 0.364. The summed E-state index contributed by atoms with van der Waals surface area (Å²) in [7, 11) is 0. The average Bonchev–Trinajstić information content (AvgIpc) is 2.97. The van der Waals surface area contributed by atoms with Crippen LogP contribution in [0, 0.1) is 0 Å². The fourth-order valence-corrected chi connectivity index (χ4v) is 1.85. The third kappa shape index (κ3) is 2.38. The predicted octanol–water partition coefficient (Wildman–Crippen LogP) is 2.54. The summed E-state index contributed by atoms with van der Waals surface area (Å²) in [6.07, 6.45) is 1.81. The Morgan fingerprint density at radius 2 is 2.00 bits per heavy atom. The highest BCUT2D eigenvalue weighted by molar-refractivity contribution is 9.10. The van der Waals surface area contributed by atoms with Gasteiger partial charge < -0.3 is 9.84 Å². The van der Waals surface area contributed by atoms with Crippen LogP contribution < -0.4 is 0 Å². The highest BCUT2D eigenvalue weighted by Crippen LogP contribution is 2.49. The van der Waals surface area contributed by atoms with E-state index < -0.39 is 5.97 Å². The van der Waals surface area contributed by atoms with Crippen LogP contribution in [0.15, 0.2) is 28.7 Å². The van der Waals surface area contributed by atoms with E-state index in [4.69, 9.17) is 9.84 Å². The molecule has 80 valence electrons. The number of carbonyl (C=O) groups is 1. The van der Waals surface area contributed by atoms with Gasteiger partial charge in [0.1, 0.15) is 6.61 Å². The first-order valence-electron chi connectivity index (χ1n) is 4.74. The molecule has 0 aromatic heterocycles.